The Balaban J connectivity index is 4.52. The summed E-state index contributed by atoms with van der Waals surface area (Å²) in [6, 6.07) is -1.13. The molecule has 0 saturated heterocycles. The summed E-state index contributed by atoms with van der Waals surface area (Å²) in [7, 11) is -1.05. The van der Waals surface area contributed by atoms with Crippen molar-refractivity contribution in [2.45, 2.75) is 13.0 Å². The normalized spacial score (nSPS) is 13.7. The van der Waals surface area contributed by atoms with Crippen molar-refractivity contribution in [1.82, 2.24) is 5.32 Å². The van der Waals surface area contributed by atoms with Gasteiger partial charge in [-0.3, -0.25) is 4.79 Å². The van der Waals surface area contributed by atoms with E-state index in [1.165, 1.54) is 7.05 Å². The van der Waals surface area contributed by atoms with E-state index >= 15 is 0 Å². The first-order valence-electron chi connectivity index (χ1n) is 3.54. The molecule has 0 aliphatic heterocycles. The van der Waals surface area contributed by atoms with Crippen LogP contribution in [0.1, 0.15) is 6.92 Å². The molecule has 7 heteroatoms. The summed E-state index contributed by atoms with van der Waals surface area (Å²) >= 11 is 0. The second-order valence-corrected chi connectivity index (χ2v) is 3.63. The van der Waals surface area contributed by atoms with Gasteiger partial charge in [0, 0.05) is 14.0 Å². The standard InChI is InChI=1S/C6H11N2O4P/c1-4(10)13(12)8-5(3-9)6(11)7-2/h5,9H,3H2,1-2H3,(H,7,11)/t5-/m0/s1. The highest BCUT2D eigenvalue weighted by molar-refractivity contribution is 7.59. The molecule has 1 unspecified atom stereocenters. The van der Waals surface area contributed by atoms with Crippen molar-refractivity contribution in [1.29, 1.82) is 0 Å². The first kappa shape index (κ1) is 12.2. The van der Waals surface area contributed by atoms with Crippen molar-refractivity contribution in [3.8, 4) is 0 Å². The Hall–Kier alpha value is -0.840. The SMILES string of the molecule is CNC(=O)[C@H](CO)N=[P+]([O-])C(C)=O. The molecule has 0 aliphatic rings. The molecule has 6 nitrogen and oxygen atoms in total. The zero-order valence-corrected chi connectivity index (χ0v) is 8.25. The van der Waals surface area contributed by atoms with E-state index in [9.17, 15) is 14.5 Å². The van der Waals surface area contributed by atoms with Crippen LogP contribution in [0.4, 0.5) is 0 Å². The summed E-state index contributed by atoms with van der Waals surface area (Å²) in [5.74, 6) is -0.563. The van der Waals surface area contributed by atoms with Crippen LogP contribution < -0.4 is 10.2 Å². The fourth-order valence-electron chi connectivity index (χ4n) is 0.546. The average Bonchev–Trinajstić information content (AvgIpc) is 2.12. The Morgan fingerprint density at radius 3 is 2.54 bits per heavy atom. The number of hydrogen-bond donors (Lipinski definition) is 2. The monoisotopic (exact) mass is 206 g/mol. The van der Waals surface area contributed by atoms with Crippen molar-refractivity contribution in [3.63, 3.8) is 0 Å². The van der Waals surface area contributed by atoms with Crippen LogP contribution in [0.5, 0.6) is 0 Å². The molecule has 0 saturated carbocycles. The van der Waals surface area contributed by atoms with Gasteiger partial charge in [-0.15, -0.1) is 0 Å². The molecule has 0 rings (SSSR count). The highest BCUT2D eigenvalue weighted by atomic mass is 31.1. The van der Waals surface area contributed by atoms with E-state index in [1.807, 2.05) is 0 Å². The number of amides is 1. The van der Waals surface area contributed by atoms with Crippen molar-refractivity contribution >= 4 is 19.4 Å². The third-order valence-corrected chi connectivity index (χ3v) is 2.26. The van der Waals surface area contributed by atoms with Gasteiger partial charge >= 0.3 is 5.52 Å². The van der Waals surface area contributed by atoms with Crippen LogP contribution in [0.25, 0.3) is 0 Å². The summed E-state index contributed by atoms with van der Waals surface area (Å²) in [6.45, 7) is 0.550. The number of nitrogens with zero attached hydrogens (tertiary/aromatic N) is 1. The van der Waals surface area contributed by atoms with Gasteiger partial charge in [-0.25, -0.2) is 4.79 Å². The average molecular weight is 206 g/mol. The highest BCUT2D eigenvalue weighted by Crippen LogP contribution is 2.16. The molecule has 0 fully saturated rings. The first-order valence-corrected chi connectivity index (χ1v) is 4.75. The van der Waals surface area contributed by atoms with Crippen LogP contribution in [0, 0.1) is 0 Å². The second-order valence-electron chi connectivity index (χ2n) is 2.22. The van der Waals surface area contributed by atoms with Crippen LogP contribution in [0.3, 0.4) is 0 Å². The third kappa shape index (κ3) is 4.07. The van der Waals surface area contributed by atoms with E-state index in [-0.39, 0.29) is 0 Å². The topological polar surface area (TPSA) is 102 Å². The van der Waals surface area contributed by atoms with Crippen LogP contribution in [0.2, 0.25) is 0 Å². The maximum absolute atomic E-state index is 10.9. The molecule has 0 aliphatic carbocycles. The van der Waals surface area contributed by atoms with Crippen molar-refractivity contribution < 1.29 is 19.6 Å². The lowest BCUT2D eigenvalue weighted by molar-refractivity contribution is -0.161. The lowest BCUT2D eigenvalue weighted by atomic mass is 10.3. The number of aliphatic hydroxyl groups excluding tert-OH is 1. The molecule has 0 spiro atoms. The van der Waals surface area contributed by atoms with Gasteiger partial charge in [0.25, 0.3) is 5.91 Å². The van der Waals surface area contributed by atoms with E-state index < -0.39 is 32.0 Å². The summed E-state index contributed by atoms with van der Waals surface area (Å²) in [4.78, 5) is 32.3. The smallest absolute Gasteiger partial charge is 0.338 e. The second kappa shape index (κ2) is 5.75. The molecule has 0 radical (unpaired) electrons. The van der Waals surface area contributed by atoms with E-state index in [4.69, 9.17) is 5.11 Å². The van der Waals surface area contributed by atoms with Crippen LogP contribution >= 0.6 is 7.94 Å². The molecule has 74 valence electrons. The van der Waals surface area contributed by atoms with Gasteiger partial charge in [-0.1, -0.05) is 4.74 Å². The number of carbonyl (C=O) groups excluding carboxylic acids is 2. The first-order chi connectivity index (χ1) is 6.02. The summed E-state index contributed by atoms with van der Waals surface area (Å²) < 4.78 is 3.36. The minimum absolute atomic E-state index is 0.561. The summed E-state index contributed by atoms with van der Waals surface area (Å²) in [5, 5.41) is 10.9. The van der Waals surface area contributed by atoms with Crippen molar-refractivity contribution in [2.75, 3.05) is 13.7 Å². The molecule has 2 N–H and O–H groups in total. The van der Waals surface area contributed by atoms with E-state index in [1.54, 1.807) is 0 Å². The number of rotatable bonds is 4. The van der Waals surface area contributed by atoms with E-state index in [0.29, 0.717) is 0 Å². The summed E-state index contributed by atoms with van der Waals surface area (Å²) in [6.07, 6.45) is 0. The third-order valence-electron chi connectivity index (χ3n) is 1.24. The van der Waals surface area contributed by atoms with Crippen molar-refractivity contribution in [2.24, 2.45) is 4.74 Å². The molecule has 0 aromatic carbocycles. The Kier molecular flexibility index (Phi) is 5.37. The number of carbonyl (C=O) groups is 2. The van der Waals surface area contributed by atoms with Crippen LogP contribution in [0.15, 0.2) is 4.74 Å². The zero-order chi connectivity index (χ0) is 10.4. The van der Waals surface area contributed by atoms with Gasteiger partial charge < -0.3 is 15.3 Å². The van der Waals surface area contributed by atoms with Gasteiger partial charge in [-0.05, 0) is 0 Å². The van der Waals surface area contributed by atoms with E-state index in [0.717, 1.165) is 6.92 Å². The van der Waals surface area contributed by atoms with Gasteiger partial charge in [-0.2, -0.15) is 0 Å². The highest BCUT2D eigenvalue weighted by Gasteiger charge is 2.20. The van der Waals surface area contributed by atoms with Crippen molar-refractivity contribution in [3.05, 3.63) is 0 Å². The van der Waals surface area contributed by atoms with Crippen LogP contribution in [-0.2, 0) is 9.59 Å². The lowest BCUT2D eigenvalue weighted by Crippen LogP contribution is -2.33. The molecule has 0 aromatic heterocycles. The lowest BCUT2D eigenvalue weighted by Gasteiger charge is -2.03. The fourth-order valence-corrected chi connectivity index (χ4v) is 1.14. The Labute approximate surface area is 76.5 Å². The minimum Gasteiger partial charge on any atom is -0.605 e. The Morgan fingerprint density at radius 1 is 1.69 bits per heavy atom. The molecular weight excluding hydrogens is 195 g/mol. The van der Waals surface area contributed by atoms with Crippen LogP contribution in [-0.4, -0.2) is 36.2 Å². The summed E-state index contributed by atoms with van der Waals surface area (Å²) in [5.41, 5.74) is -0.614. The maximum atomic E-state index is 10.9. The molecule has 0 aromatic rings. The van der Waals surface area contributed by atoms with Gasteiger partial charge in [0.05, 0.1) is 6.61 Å². The number of aliphatic hydroxyl groups is 1. The van der Waals surface area contributed by atoms with Gasteiger partial charge in [0.2, 0.25) is 7.94 Å². The Bertz CT molecular complexity index is 241. The number of likely N-dealkylation sites (N-methyl/N-ethyl adjacent to an activating group) is 1. The molecule has 2 atom stereocenters. The van der Waals surface area contributed by atoms with Gasteiger partial charge in [0.1, 0.15) is 0 Å². The molecular formula is C6H11N2O4P. The zero-order valence-electron chi connectivity index (χ0n) is 7.35. The largest absolute Gasteiger partial charge is 0.605 e. The fraction of sp³-hybridized carbons (Fsp3) is 0.667. The maximum Gasteiger partial charge on any atom is 0.338 e. The molecule has 13 heavy (non-hydrogen) atoms. The van der Waals surface area contributed by atoms with Gasteiger partial charge in [0.15, 0.2) is 6.04 Å². The number of hydrogen-bond acceptors (Lipinski definition) is 5. The Morgan fingerprint density at radius 2 is 2.23 bits per heavy atom. The minimum atomic E-state index is -2.41. The molecule has 0 bridgehead atoms. The quantitative estimate of drug-likeness (QED) is 0.551. The van der Waals surface area contributed by atoms with E-state index in [2.05, 4.69) is 10.1 Å². The molecule has 0 heterocycles. The predicted octanol–water partition coefficient (Wildman–Crippen LogP) is -1.42. The predicted molar refractivity (Wildman–Crippen MR) is 45.0 cm³/mol. The number of nitrogens with one attached hydrogen (secondary N) is 1. The molecule has 1 amide bonds.